The fourth-order valence-corrected chi connectivity index (χ4v) is 0.686. The van der Waals surface area contributed by atoms with E-state index in [-0.39, 0.29) is 6.42 Å². The maximum atomic E-state index is 9.74. The van der Waals surface area contributed by atoms with Gasteiger partial charge in [0.25, 0.3) is 0 Å². The van der Waals surface area contributed by atoms with Crippen LogP contribution in [0.3, 0.4) is 0 Å². The van der Waals surface area contributed by atoms with Gasteiger partial charge in [-0.15, -0.1) is 12.6 Å². The van der Waals surface area contributed by atoms with Crippen LogP contribution < -0.4 is 0 Å². The Bertz CT molecular complexity index is 112. The van der Waals surface area contributed by atoms with Gasteiger partial charge >= 0.3 is 0 Å². The molecule has 0 bridgehead atoms. The summed E-state index contributed by atoms with van der Waals surface area (Å²) in [6, 6.07) is 0. The minimum atomic E-state index is -2.71. The molecular weight excluding hydrogens is 164 g/mol. The zero-order chi connectivity index (χ0) is 7.49. The summed E-state index contributed by atoms with van der Waals surface area (Å²) >= 11 is 0.755. The Kier molecular flexibility index (Phi) is 3.67. The van der Waals surface area contributed by atoms with Crippen LogP contribution in [0.25, 0.3) is 0 Å². The van der Waals surface area contributed by atoms with Gasteiger partial charge in [-0.2, -0.15) is 0 Å². The van der Waals surface area contributed by atoms with E-state index in [2.05, 4.69) is 16.8 Å². The molecule has 0 aromatic carbocycles. The van der Waals surface area contributed by atoms with Crippen LogP contribution in [-0.4, -0.2) is 19.0 Å². The minimum absolute atomic E-state index is 0.101. The molecule has 0 saturated carbocycles. The molecule has 6 heteroatoms. The SMILES string of the molecule is CCC(O)(S)OS(=O)[O-]. The van der Waals surface area contributed by atoms with Gasteiger partial charge in [0.1, 0.15) is 0 Å². The third-order valence-electron chi connectivity index (χ3n) is 0.662. The van der Waals surface area contributed by atoms with Crippen LogP contribution in [0, 0.1) is 0 Å². The molecule has 2 atom stereocenters. The summed E-state index contributed by atoms with van der Waals surface area (Å²) in [5.41, 5.74) is 0. The summed E-state index contributed by atoms with van der Waals surface area (Å²) < 4.78 is 23.4. The molecule has 0 aromatic heterocycles. The Balaban J connectivity index is 3.71. The first kappa shape index (κ1) is 9.38. The summed E-state index contributed by atoms with van der Waals surface area (Å²) in [4.78, 5) is 0. The Hall–Kier alpha value is 0.380. The van der Waals surface area contributed by atoms with Crippen molar-refractivity contribution in [3.63, 3.8) is 0 Å². The topological polar surface area (TPSA) is 69.6 Å². The normalized spacial score (nSPS) is 20.9. The Labute approximate surface area is 61.1 Å². The van der Waals surface area contributed by atoms with Crippen molar-refractivity contribution in [3.05, 3.63) is 0 Å². The predicted molar refractivity (Wildman–Crippen MR) is 34.2 cm³/mol. The molecule has 0 aliphatic rings. The largest absolute Gasteiger partial charge is 0.750 e. The molecule has 0 fully saturated rings. The van der Waals surface area contributed by atoms with Crippen LogP contribution in [0.15, 0.2) is 0 Å². The van der Waals surface area contributed by atoms with Crippen molar-refractivity contribution in [1.82, 2.24) is 0 Å². The van der Waals surface area contributed by atoms with Crippen LogP contribution in [0.1, 0.15) is 13.3 Å². The molecule has 0 rings (SSSR count). The second-order valence-corrected chi connectivity index (χ2v) is 2.66. The van der Waals surface area contributed by atoms with Gasteiger partial charge in [0, 0.05) is 6.42 Å². The minimum Gasteiger partial charge on any atom is -0.750 e. The van der Waals surface area contributed by atoms with Crippen molar-refractivity contribution in [2.45, 2.75) is 18.5 Å². The first-order chi connectivity index (χ1) is 3.98. The van der Waals surface area contributed by atoms with E-state index < -0.39 is 16.5 Å². The van der Waals surface area contributed by atoms with Crippen molar-refractivity contribution in [2.24, 2.45) is 0 Å². The van der Waals surface area contributed by atoms with Crippen LogP contribution >= 0.6 is 12.6 Å². The zero-order valence-corrected chi connectivity index (χ0v) is 6.45. The average Bonchev–Trinajstić information content (AvgIpc) is 1.63. The maximum Gasteiger partial charge on any atom is 0.226 e. The molecule has 0 heterocycles. The Morgan fingerprint density at radius 3 is 2.56 bits per heavy atom. The smallest absolute Gasteiger partial charge is 0.226 e. The summed E-state index contributed by atoms with van der Waals surface area (Å²) in [5.74, 6) is 0. The third kappa shape index (κ3) is 4.86. The molecule has 9 heavy (non-hydrogen) atoms. The second-order valence-electron chi connectivity index (χ2n) is 1.38. The van der Waals surface area contributed by atoms with E-state index in [0.717, 1.165) is 0 Å². The molecule has 56 valence electrons. The lowest BCUT2D eigenvalue weighted by molar-refractivity contribution is -0.0491. The quantitative estimate of drug-likeness (QED) is 0.350. The third-order valence-corrected chi connectivity index (χ3v) is 1.60. The molecule has 2 unspecified atom stereocenters. The van der Waals surface area contributed by atoms with E-state index >= 15 is 0 Å². The summed E-state index contributed by atoms with van der Waals surface area (Å²) in [7, 11) is 0. The molecular formula is C3H7O4S2-. The van der Waals surface area contributed by atoms with E-state index in [1.54, 1.807) is 6.92 Å². The van der Waals surface area contributed by atoms with E-state index in [9.17, 15) is 8.76 Å². The fourth-order valence-electron chi connectivity index (χ4n) is 0.168. The highest BCUT2D eigenvalue weighted by Crippen LogP contribution is 2.16. The van der Waals surface area contributed by atoms with E-state index in [1.165, 1.54) is 0 Å². The highest BCUT2D eigenvalue weighted by atomic mass is 32.2. The van der Waals surface area contributed by atoms with Crippen molar-refractivity contribution in [2.75, 3.05) is 0 Å². The van der Waals surface area contributed by atoms with Gasteiger partial charge in [-0.25, -0.2) is 4.21 Å². The van der Waals surface area contributed by atoms with Crippen molar-refractivity contribution in [1.29, 1.82) is 0 Å². The Morgan fingerprint density at radius 2 is 2.44 bits per heavy atom. The van der Waals surface area contributed by atoms with Gasteiger partial charge in [-0.05, 0) is 0 Å². The standard InChI is InChI=1S/C3H8O4S2/c1-2-3(4,8)7-9(5)6/h4,8H,2H2,1H3,(H,5,6)/p-1. The number of rotatable bonds is 3. The number of thiol groups is 1. The highest BCUT2D eigenvalue weighted by Gasteiger charge is 2.19. The molecule has 0 spiro atoms. The average molecular weight is 171 g/mol. The lowest BCUT2D eigenvalue weighted by atomic mass is 10.5. The summed E-state index contributed by atoms with van der Waals surface area (Å²) in [5, 5.41) is 6.89. The maximum absolute atomic E-state index is 9.74. The summed E-state index contributed by atoms with van der Waals surface area (Å²) in [6.45, 7) is 1.54. The van der Waals surface area contributed by atoms with E-state index in [0.29, 0.717) is 0 Å². The highest BCUT2D eigenvalue weighted by molar-refractivity contribution is 7.82. The molecule has 0 aliphatic heterocycles. The monoisotopic (exact) mass is 171 g/mol. The fraction of sp³-hybridized carbons (Fsp3) is 1.00. The van der Waals surface area contributed by atoms with Gasteiger partial charge in [0.15, 0.2) is 0 Å². The van der Waals surface area contributed by atoms with Crippen molar-refractivity contribution < 1.29 is 18.1 Å². The number of hydrogen-bond donors (Lipinski definition) is 2. The van der Waals surface area contributed by atoms with Gasteiger partial charge in [-0.3, -0.25) is 4.18 Å². The first-order valence-electron chi connectivity index (χ1n) is 2.21. The molecule has 0 saturated heterocycles. The van der Waals surface area contributed by atoms with Crippen LogP contribution in [0.2, 0.25) is 0 Å². The lowest BCUT2D eigenvalue weighted by Crippen LogP contribution is -2.24. The molecule has 0 aromatic rings. The Morgan fingerprint density at radius 1 is 2.00 bits per heavy atom. The molecule has 4 nitrogen and oxygen atoms in total. The number of aliphatic hydroxyl groups is 1. The van der Waals surface area contributed by atoms with Crippen LogP contribution in [-0.2, 0) is 15.5 Å². The van der Waals surface area contributed by atoms with Gasteiger partial charge in [0.2, 0.25) is 5.12 Å². The van der Waals surface area contributed by atoms with E-state index in [1.807, 2.05) is 0 Å². The number of hydrogen-bond acceptors (Lipinski definition) is 5. The van der Waals surface area contributed by atoms with Gasteiger partial charge in [0.05, 0.1) is 11.4 Å². The second kappa shape index (κ2) is 3.52. The molecule has 0 radical (unpaired) electrons. The summed E-state index contributed by atoms with van der Waals surface area (Å²) in [6.07, 6.45) is 0.101. The predicted octanol–water partition coefficient (Wildman–Crippen LogP) is -0.217. The van der Waals surface area contributed by atoms with Crippen molar-refractivity contribution >= 4 is 24.0 Å². The van der Waals surface area contributed by atoms with E-state index in [4.69, 9.17) is 5.11 Å². The molecule has 0 aliphatic carbocycles. The van der Waals surface area contributed by atoms with Crippen LogP contribution in [0.5, 0.6) is 0 Å². The van der Waals surface area contributed by atoms with Crippen LogP contribution in [0.4, 0.5) is 0 Å². The van der Waals surface area contributed by atoms with Crippen molar-refractivity contribution in [3.8, 4) is 0 Å². The molecule has 0 amide bonds. The van der Waals surface area contributed by atoms with Gasteiger partial charge in [-0.1, -0.05) is 6.92 Å². The first-order valence-corrected chi connectivity index (χ1v) is 3.66. The van der Waals surface area contributed by atoms with Gasteiger partial charge < -0.3 is 9.66 Å². The lowest BCUT2D eigenvalue weighted by Gasteiger charge is -2.20. The molecule has 1 N–H and O–H groups in total. The zero-order valence-electron chi connectivity index (χ0n) is 4.73.